The van der Waals surface area contributed by atoms with Crippen LogP contribution in [0.25, 0.3) is 0 Å². The van der Waals surface area contributed by atoms with Crippen LogP contribution in [0.4, 0.5) is 5.00 Å². The van der Waals surface area contributed by atoms with E-state index >= 15 is 0 Å². The van der Waals surface area contributed by atoms with Crippen molar-refractivity contribution < 1.29 is 24.2 Å². The first-order chi connectivity index (χ1) is 10.2. The molecule has 1 atom stereocenters. The van der Waals surface area contributed by atoms with Gasteiger partial charge in [-0.3, -0.25) is 4.79 Å². The van der Waals surface area contributed by atoms with Gasteiger partial charge in [-0.05, 0) is 31.2 Å². The van der Waals surface area contributed by atoms with E-state index in [4.69, 9.17) is 9.47 Å². The normalized spacial score (nSPS) is 21.6. The first kappa shape index (κ1) is 14.5. The smallest absolute Gasteiger partial charge is 0.339 e. The molecule has 2 N–H and O–H groups in total. The fourth-order valence-corrected chi connectivity index (χ4v) is 3.87. The van der Waals surface area contributed by atoms with Crippen molar-refractivity contribution in [2.24, 2.45) is 0 Å². The van der Waals surface area contributed by atoms with Gasteiger partial charge in [0.25, 0.3) is 5.91 Å². The van der Waals surface area contributed by atoms with E-state index < -0.39 is 12.1 Å². The number of carbonyl (C=O) groups excluding carboxylic acids is 1. The molecule has 1 fully saturated rings. The summed E-state index contributed by atoms with van der Waals surface area (Å²) in [5, 5.41) is 12.6. The van der Waals surface area contributed by atoms with Crippen LogP contribution in [0.15, 0.2) is 0 Å². The predicted molar refractivity (Wildman–Crippen MR) is 76.9 cm³/mol. The summed E-state index contributed by atoms with van der Waals surface area (Å²) in [5.74, 6) is -1.26. The van der Waals surface area contributed by atoms with Crippen molar-refractivity contribution in [2.45, 2.75) is 38.4 Å². The molecule has 1 saturated heterocycles. The van der Waals surface area contributed by atoms with Crippen molar-refractivity contribution in [3.63, 3.8) is 0 Å². The van der Waals surface area contributed by atoms with Gasteiger partial charge >= 0.3 is 5.97 Å². The second kappa shape index (κ2) is 6.13. The zero-order valence-electron chi connectivity index (χ0n) is 11.5. The highest BCUT2D eigenvalue weighted by Gasteiger charge is 2.29. The van der Waals surface area contributed by atoms with E-state index in [1.54, 1.807) is 0 Å². The van der Waals surface area contributed by atoms with Crippen LogP contribution in [0.3, 0.4) is 0 Å². The molecule has 0 aliphatic carbocycles. The molecule has 0 radical (unpaired) electrons. The van der Waals surface area contributed by atoms with Crippen molar-refractivity contribution in [3.05, 3.63) is 16.0 Å². The van der Waals surface area contributed by atoms with Crippen molar-refractivity contribution >= 4 is 28.2 Å². The number of aromatic carboxylic acids is 1. The van der Waals surface area contributed by atoms with Crippen LogP contribution >= 0.6 is 11.3 Å². The Kier molecular flexibility index (Phi) is 4.23. The number of hydrogen-bond acceptors (Lipinski definition) is 5. The number of thiophene rings is 1. The maximum absolute atomic E-state index is 12.2. The van der Waals surface area contributed by atoms with Gasteiger partial charge in [0, 0.05) is 11.5 Å². The van der Waals surface area contributed by atoms with E-state index in [0.29, 0.717) is 37.7 Å². The van der Waals surface area contributed by atoms with Gasteiger partial charge < -0.3 is 19.9 Å². The predicted octanol–water partition coefficient (Wildman–Crippen LogP) is 2.03. The van der Waals surface area contributed by atoms with Crippen LogP contribution in [0.2, 0.25) is 0 Å². The van der Waals surface area contributed by atoms with Gasteiger partial charge in [-0.1, -0.05) is 0 Å². The van der Waals surface area contributed by atoms with Crippen LogP contribution in [-0.4, -0.2) is 36.3 Å². The summed E-state index contributed by atoms with van der Waals surface area (Å²) >= 11 is 1.29. The highest BCUT2D eigenvalue weighted by molar-refractivity contribution is 7.17. The molecule has 3 heterocycles. The second-order valence-electron chi connectivity index (χ2n) is 5.16. The van der Waals surface area contributed by atoms with Crippen LogP contribution in [0, 0.1) is 0 Å². The molecule has 0 bridgehead atoms. The zero-order chi connectivity index (χ0) is 14.8. The third-order valence-electron chi connectivity index (χ3n) is 3.74. The van der Waals surface area contributed by atoms with Crippen molar-refractivity contribution in [3.8, 4) is 0 Å². The molecule has 3 rings (SSSR count). The Hall–Kier alpha value is -1.44. The Bertz CT molecular complexity index is 562. The summed E-state index contributed by atoms with van der Waals surface area (Å²) in [6.07, 6.45) is 2.70. The number of nitrogens with one attached hydrogen (secondary N) is 1. The highest BCUT2D eigenvalue weighted by atomic mass is 32.1. The van der Waals surface area contributed by atoms with Gasteiger partial charge in [0.05, 0.1) is 18.8 Å². The van der Waals surface area contributed by atoms with E-state index in [1.807, 2.05) is 0 Å². The number of hydrogen-bond donors (Lipinski definition) is 2. The largest absolute Gasteiger partial charge is 0.478 e. The SMILES string of the molecule is O=C(O)c1c(NC(=O)C2CCCCO2)sc2c1CCOC2. The van der Waals surface area contributed by atoms with Crippen LogP contribution in [0.5, 0.6) is 0 Å². The number of carbonyl (C=O) groups is 2. The average molecular weight is 311 g/mol. The molecule has 21 heavy (non-hydrogen) atoms. The second-order valence-corrected chi connectivity index (χ2v) is 6.27. The van der Waals surface area contributed by atoms with Gasteiger partial charge in [-0.15, -0.1) is 11.3 Å². The molecule has 1 amide bonds. The molecule has 114 valence electrons. The van der Waals surface area contributed by atoms with Crippen molar-refractivity contribution in [2.75, 3.05) is 18.5 Å². The molecular weight excluding hydrogens is 294 g/mol. The monoisotopic (exact) mass is 311 g/mol. The average Bonchev–Trinajstić information content (AvgIpc) is 2.86. The molecule has 0 aromatic carbocycles. The topological polar surface area (TPSA) is 84.9 Å². The lowest BCUT2D eigenvalue weighted by Gasteiger charge is -2.21. The lowest BCUT2D eigenvalue weighted by molar-refractivity contribution is -0.129. The molecule has 0 spiro atoms. The minimum Gasteiger partial charge on any atom is -0.478 e. The van der Waals surface area contributed by atoms with Gasteiger partial charge in [0.15, 0.2) is 0 Å². The number of carboxylic acid groups (broad SMARTS) is 1. The molecule has 2 aliphatic heterocycles. The van der Waals surface area contributed by atoms with Gasteiger partial charge in [0.2, 0.25) is 0 Å². The third kappa shape index (κ3) is 2.95. The lowest BCUT2D eigenvalue weighted by atomic mass is 10.1. The van der Waals surface area contributed by atoms with Gasteiger partial charge in [0.1, 0.15) is 11.1 Å². The molecule has 2 aliphatic rings. The molecule has 1 unspecified atom stereocenters. The Balaban J connectivity index is 1.82. The van der Waals surface area contributed by atoms with Crippen LogP contribution in [0.1, 0.15) is 40.1 Å². The number of amides is 1. The summed E-state index contributed by atoms with van der Waals surface area (Å²) in [6, 6.07) is 0. The summed E-state index contributed by atoms with van der Waals surface area (Å²) in [6.45, 7) is 1.51. The molecule has 1 aromatic heterocycles. The highest BCUT2D eigenvalue weighted by Crippen LogP contribution is 2.36. The van der Waals surface area contributed by atoms with Crippen molar-refractivity contribution in [1.82, 2.24) is 0 Å². The van der Waals surface area contributed by atoms with E-state index in [0.717, 1.165) is 23.3 Å². The standard InChI is InChI=1S/C14H17NO5S/c16-12(9-3-1-2-5-20-9)15-13-11(14(17)18)8-4-6-19-7-10(8)21-13/h9H,1-7H2,(H,15,16)(H,17,18). The molecule has 7 heteroatoms. The van der Waals surface area contributed by atoms with Crippen LogP contribution in [-0.2, 0) is 27.3 Å². The minimum atomic E-state index is -1.01. The Morgan fingerprint density at radius 2 is 2.14 bits per heavy atom. The minimum absolute atomic E-state index is 0.211. The quantitative estimate of drug-likeness (QED) is 0.892. The Labute approximate surface area is 126 Å². The number of fused-ring (bicyclic) bond motifs is 1. The summed E-state index contributed by atoms with van der Waals surface area (Å²) in [7, 11) is 0. The summed E-state index contributed by atoms with van der Waals surface area (Å²) < 4.78 is 10.8. The van der Waals surface area contributed by atoms with Crippen molar-refractivity contribution in [1.29, 1.82) is 0 Å². The van der Waals surface area contributed by atoms with E-state index in [1.165, 1.54) is 11.3 Å². The van der Waals surface area contributed by atoms with Crippen LogP contribution < -0.4 is 5.32 Å². The fourth-order valence-electron chi connectivity index (χ4n) is 2.69. The van der Waals surface area contributed by atoms with Gasteiger partial charge in [-0.2, -0.15) is 0 Å². The maximum atomic E-state index is 12.2. The lowest BCUT2D eigenvalue weighted by Crippen LogP contribution is -2.33. The molecule has 6 nitrogen and oxygen atoms in total. The zero-order valence-corrected chi connectivity index (χ0v) is 12.3. The number of anilines is 1. The van der Waals surface area contributed by atoms with E-state index in [9.17, 15) is 14.7 Å². The Morgan fingerprint density at radius 1 is 1.29 bits per heavy atom. The Morgan fingerprint density at radius 3 is 2.86 bits per heavy atom. The maximum Gasteiger partial charge on any atom is 0.339 e. The molecule has 0 saturated carbocycles. The first-order valence-electron chi connectivity index (χ1n) is 7.05. The first-order valence-corrected chi connectivity index (χ1v) is 7.86. The van der Waals surface area contributed by atoms with E-state index in [-0.39, 0.29) is 11.5 Å². The van der Waals surface area contributed by atoms with Gasteiger partial charge in [-0.25, -0.2) is 4.79 Å². The summed E-state index contributed by atoms with van der Waals surface area (Å²) in [4.78, 5) is 24.6. The summed E-state index contributed by atoms with van der Waals surface area (Å²) in [5.41, 5.74) is 1.00. The number of carboxylic acids is 1. The molecule has 1 aromatic rings. The fraction of sp³-hybridized carbons (Fsp3) is 0.571. The third-order valence-corrected chi connectivity index (χ3v) is 4.86. The molecular formula is C14H17NO5S. The number of rotatable bonds is 3. The number of ether oxygens (including phenoxy) is 2. The van der Waals surface area contributed by atoms with E-state index in [2.05, 4.69) is 5.32 Å².